The maximum Gasteiger partial charge on any atom is 0.256 e. The van der Waals surface area contributed by atoms with E-state index in [2.05, 4.69) is 0 Å². The number of nitrogens with zero attached hydrogens (tertiary/aromatic N) is 1. The molecule has 1 saturated carbocycles. The van der Waals surface area contributed by atoms with Gasteiger partial charge in [0.05, 0.1) is 5.69 Å². The van der Waals surface area contributed by atoms with Crippen molar-refractivity contribution >= 4 is 0 Å². The van der Waals surface area contributed by atoms with Crippen LogP contribution in [0, 0.1) is 5.82 Å². The van der Waals surface area contributed by atoms with Crippen molar-refractivity contribution in [3.63, 3.8) is 0 Å². The molecule has 4 heteroatoms. The molecular formula is C17H19FN2O. The highest BCUT2D eigenvalue weighted by molar-refractivity contribution is 5.60. The quantitative estimate of drug-likeness (QED) is 0.942. The lowest BCUT2D eigenvalue weighted by Gasteiger charge is -2.21. The summed E-state index contributed by atoms with van der Waals surface area (Å²) in [5, 5.41) is 0. The SMILES string of the molecule is CC(C)(N)c1ccc(-c2ccc(F)cc2)n(C2CC2)c1=O. The van der Waals surface area contributed by atoms with Gasteiger partial charge >= 0.3 is 0 Å². The molecular weight excluding hydrogens is 267 g/mol. The number of pyridine rings is 1. The lowest BCUT2D eigenvalue weighted by molar-refractivity contribution is 0.535. The van der Waals surface area contributed by atoms with E-state index in [1.54, 1.807) is 18.2 Å². The molecule has 2 N–H and O–H groups in total. The predicted octanol–water partition coefficient (Wildman–Crippen LogP) is 3.18. The average molecular weight is 286 g/mol. The van der Waals surface area contributed by atoms with Crippen molar-refractivity contribution in [2.24, 2.45) is 5.73 Å². The lowest BCUT2D eigenvalue weighted by atomic mass is 9.96. The smallest absolute Gasteiger partial charge is 0.256 e. The third-order valence-corrected chi connectivity index (χ3v) is 3.86. The van der Waals surface area contributed by atoms with Gasteiger partial charge in [-0.2, -0.15) is 0 Å². The van der Waals surface area contributed by atoms with Crippen molar-refractivity contribution in [1.29, 1.82) is 0 Å². The first kappa shape index (κ1) is 14.0. The van der Waals surface area contributed by atoms with E-state index in [9.17, 15) is 9.18 Å². The third-order valence-electron chi connectivity index (χ3n) is 3.86. The molecule has 0 unspecified atom stereocenters. The Bertz CT molecular complexity index is 722. The van der Waals surface area contributed by atoms with Gasteiger partial charge in [0.15, 0.2) is 0 Å². The number of hydrogen-bond acceptors (Lipinski definition) is 2. The van der Waals surface area contributed by atoms with Crippen LogP contribution in [0.15, 0.2) is 41.2 Å². The van der Waals surface area contributed by atoms with Gasteiger partial charge in [-0.15, -0.1) is 0 Å². The van der Waals surface area contributed by atoms with Crippen LogP contribution in [0.4, 0.5) is 4.39 Å². The van der Waals surface area contributed by atoms with Crippen LogP contribution >= 0.6 is 0 Å². The molecule has 1 aliphatic carbocycles. The predicted molar refractivity (Wildman–Crippen MR) is 81.6 cm³/mol. The molecule has 1 heterocycles. The Hall–Kier alpha value is -1.94. The van der Waals surface area contributed by atoms with Crippen LogP contribution in [-0.2, 0) is 5.54 Å². The van der Waals surface area contributed by atoms with Crippen molar-refractivity contribution in [3.8, 4) is 11.3 Å². The number of aromatic nitrogens is 1. The van der Waals surface area contributed by atoms with E-state index in [-0.39, 0.29) is 17.4 Å². The second kappa shape index (κ2) is 4.81. The molecule has 21 heavy (non-hydrogen) atoms. The lowest BCUT2D eigenvalue weighted by Crippen LogP contribution is -2.38. The zero-order valence-corrected chi connectivity index (χ0v) is 12.3. The molecule has 1 aromatic carbocycles. The second-order valence-electron chi connectivity index (χ2n) is 6.27. The van der Waals surface area contributed by atoms with Crippen molar-refractivity contribution < 1.29 is 4.39 Å². The van der Waals surface area contributed by atoms with Gasteiger partial charge in [0.25, 0.3) is 5.56 Å². The fraction of sp³-hybridized carbons (Fsp3) is 0.353. The van der Waals surface area contributed by atoms with Gasteiger partial charge < -0.3 is 10.3 Å². The van der Waals surface area contributed by atoms with E-state index in [1.807, 2.05) is 24.5 Å². The summed E-state index contributed by atoms with van der Waals surface area (Å²) in [6, 6.07) is 10.2. The van der Waals surface area contributed by atoms with Crippen molar-refractivity contribution in [2.75, 3.05) is 0 Å². The van der Waals surface area contributed by atoms with Crippen LogP contribution in [0.1, 0.15) is 38.3 Å². The summed E-state index contributed by atoms with van der Waals surface area (Å²) in [6.45, 7) is 3.66. The molecule has 3 nitrogen and oxygen atoms in total. The summed E-state index contributed by atoms with van der Waals surface area (Å²) in [4.78, 5) is 12.8. The molecule has 0 aliphatic heterocycles. The first-order chi connectivity index (χ1) is 9.88. The molecule has 0 amide bonds. The molecule has 2 aromatic rings. The maximum absolute atomic E-state index is 13.1. The highest BCUT2D eigenvalue weighted by atomic mass is 19.1. The number of benzene rings is 1. The van der Waals surface area contributed by atoms with E-state index >= 15 is 0 Å². The summed E-state index contributed by atoms with van der Waals surface area (Å²) in [5.41, 5.74) is 7.68. The minimum Gasteiger partial charge on any atom is -0.322 e. The second-order valence-corrected chi connectivity index (χ2v) is 6.27. The van der Waals surface area contributed by atoms with Crippen molar-refractivity contribution in [3.05, 3.63) is 58.1 Å². The van der Waals surface area contributed by atoms with Gasteiger partial charge in [-0.25, -0.2) is 4.39 Å². The minimum atomic E-state index is -0.672. The zero-order chi connectivity index (χ0) is 15.2. The topological polar surface area (TPSA) is 48.0 Å². The largest absolute Gasteiger partial charge is 0.322 e. The Balaban J connectivity index is 2.20. The van der Waals surface area contributed by atoms with Gasteiger partial charge in [0.2, 0.25) is 0 Å². The fourth-order valence-electron chi connectivity index (χ4n) is 2.59. The molecule has 0 radical (unpaired) electrons. The van der Waals surface area contributed by atoms with Crippen LogP contribution in [0.25, 0.3) is 11.3 Å². The normalized spacial score (nSPS) is 15.2. The third kappa shape index (κ3) is 2.63. The van der Waals surface area contributed by atoms with Gasteiger partial charge in [-0.3, -0.25) is 4.79 Å². The summed E-state index contributed by atoms with van der Waals surface area (Å²) in [5.74, 6) is -0.279. The molecule has 1 aromatic heterocycles. The molecule has 0 spiro atoms. The number of hydrogen-bond donors (Lipinski definition) is 1. The molecule has 1 fully saturated rings. The Morgan fingerprint density at radius 3 is 2.29 bits per heavy atom. The summed E-state index contributed by atoms with van der Waals surface area (Å²) < 4.78 is 14.9. The number of halogens is 1. The fourth-order valence-corrected chi connectivity index (χ4v) is 2.59. The van der Waals surface area contributed by atoms with E-state index < -0.39 is 5.54 Å². The Kier molecular flexibility index (Phi) is 3.21. The highest BCUT2D eigenvalue weighted by Gasteiger charge is 2.30. The van der Waals surface area contributed by atoms with E-state index in [0.29, 0.717) is 5.56 Å². The number of nitrogens with two attached hydrogens (primary N) is 1. The Labute approximate surface area is 123 Å². The molecule has 3 rings (SSSR count). The van der Waals surface area contributed by atoms with Crippen LogP contribution in [-0.4, -0.2) is 4.57 Å². The average Bonchev–Trinajstić information content (AvgIpc) is 3.22. The Morgan fingerprint density at radius 1 is 1.14 bits per heavy atom. The zero-order valence-electron chi connectivity index (χ0n) is 12.3. The van der Waals surface area contributed by atoms with E-state index in [4.69, 9.17) is 5.73 Å². The van der Waals surface area contributed by atoms with Gasteiger partial charge in [-0.05, 0) is 68.7 Å². The Morgan fingerprint density at radius 2 is 1.76 bits per heavy atom. The molecule has 0 atom stereocenters. The van der Waals surface area contributed by atoms with Crippen LogP contribution in [0.5, 0.6) is 0 Å². The van der Waals surface area contributed by atoms with Crippen LogP contribution < -0.4 is 11.3 Å². The number of rotatable bonds is 3. The maximum atomic E-state index is 13.1. The molecule has 0 saturated heterocycles. The monoisotopic (exact) mass is 286 g/mol. The highest BCUT2D eigenvalue weighted by Crippen LogP contribution is 2.37. The minimum absolute atomic E-state index is 0.0353. The molecule has 1 aliphatic rings. The summed E-state index contributed by atoms with van der Waals surface area (Å²) in [6.07, 6.45) is 2.01. The van der Waals surface area contributed by atoms with Crippen molar-refractivity contribution in [1.82, 2.24) is 4.57 Å². The van der Waals surface area contributed by atoms with E-state index in [0.717, 1.165) is 24.1 Å². The standard InChI is InChI=1S/C17H19FN2O/c1-17(2,19)14-9-10-15(11-3-5-12(18)6-4-11)20(16(14)21)13-7-8-13/h3-6,9-10,13H,7-8,19H2,1-2H3. The summed E-state index contributed by atoms with van der Waals surface area (Å²) in [7, 11) is 0. The first-order valence-corrected chi connectivity index (χ1v) is 7.19. The van der Waals surface area contributed by atoms with E-state index in [1.165, 1.54) is 12.1 Å². The molecule has 0 bridgehead atoms. The van der Waals surface area contributed by atoms with Crippen molar-refractivity contribution in [2.45, 2.75) is 38.3 Å². The van der Waals surface area contributed by atoms with Gasteiger partial charge in [-0.1, -0.05) is 0 Å². The summed E-state index contributed by atoms with van der Waals surface area (Å²) >= 11 is 0. The van der Waals surface area contributed by atoms with Crippen LogP contribution in [0.2, 0.25) is 0 Å². The van der Waals surface area contributed by atoms with Gasteiger partial charge in [0, 0.05) is 17.1 Å². The van der Waals surface area contributed by atoms with Gasteiger partial charge in [0.1, 0.15) is 5.82 Å². The first-order valence-electron chi connectivity index (χ1n) is 7.19. The van der Waals surface area contributed by atoms with Crippen LogP contribution in [0.3, 0.4) is 0 Å². The molecule has 110 valence electrons.